The van der Waals surface area contributed by atoms with Gasteiger partial charge in [-0.1, -0.05) is 12.1 Å². The summed E-state index contributed by atoms with van der Waals surface area (Å²) in [7, 11) is 1.29. The Kier molecular flexibility index (Phi) is 4.90. The Bertz CT molecular complexity index is 896. The van der Waals surface area contributed by atoms with Crippen molar-refractivity contribution in [3.8, 4) is 0 Å². The van der Waals surface area contributed by atoms with Crippen molar-refractivity contribution in [3.05, 3.63) is 51.7 Å². The minimum Gasteiger partial charge on any atom is -0.453 e. The molecule has 0 saturated heterocycles. The second kappa shape index (κ2) is 7.12. The molecule has 1 aliphatic rings. The van der Waals surface area contributed by atoms with Crippen LogP contribution in [-0.4, -0.2) is 36.5 Å². The number of nitrogens with two attached hydrogens (primary N) is 1. The number of halogens is 1. The maximum atomic E-state index is 13.8. The van der Waals surface area contributed by atoms with Crippen LogP contribution in [-0.2, 0) is 17.7 Å². The molecule has 26 heavy (non-hydrogen) atoms. The minimum atomic E-state index is -0.683. The molecular weight excluding hydrogens is 361 g/mol. The molecule has 0 radical (unpaired) electrons. The molecular formula is C17H16FN3O4S. The predicted octanol–water partition coefficient (Wildman–Crippen LogP) is 2.36. The van der Waals surface area contributed by atoms with E-state index in [1.54, 1.807) is 6.07 Å². The Morgan fingerprint density at radius 1 is 1.31 bits per heavy atom. The Morgan fingerprint density at radius 2 is 2.04 bits per heavy atom. The summed E-state index contributed by atoms with van der Waals surface area (Å²) in [6.07, 6.45) is -0.0592. The lowest BCUT2D eigenvalue weighted by Gasteiger charge is -2.25. The SMILES string of the molecule is COC(=O)N1CCc2c(sc(NC(=O)c3ccccc3F)c2C(N)=O)C1. The predicted molar refractivity (Wildman–Crippen MR) is 93.7 cm³/mol. The van der Waals surface area contributed by atoms with Crippen LogP contribution >= 0.6 is 11.3 Å². The molecule has 2 heterocycles. The highest BCUT2D eigenvalue weighted by Gasteiger charge is 2.30. The second-order valence-corrected chi connectivity index (χ2v) is 6.75. The smallest absolute Gasteiger partial charge is 0.409 e. The number of primary amides is 1. The third-order valence-electron chi connectivity index (χ3n) is 4.08. The van der Waals surface area contributed by atoms with Crippen LogP contribution in [0.25, 0.3) is 0 Å². The van der Waals surface area contributed by atoms with Gasteiger partial charge in [0.05, 0.1) is 24.8 Å². The fraction of sp³-hybridized carbons (Fsp3) is 0.235. The molecule has 3 rings (SSSR count). The summed E-state index contributed by atoms with van der Waals surface area (Å²) in [6, 6.07) is 5.55. The molecule has 1 aromatic heterocycles. The Balaban J connectivity index is 1.92. The molecule has 1 aliphatic heterocycles. The molecule has 0 spiro atoms. The zero-order valence-corrected chi connectivity index (χ0v) is 14.7. The fourth-order valence-corrected chi connectivity index (χ4v) is 4.12. The number of hydrogen-bond acceptors (Lipinski definition) is 5. The van der Waals surface area contributed by atoms with Crippen molar-refractivity contribution in [3.63, 3.8) is 0 Å². The third-order valence-corrected chi connectivity index (χ3v) is 5.21. The van der Waals surface area contributed by atoms with E-state index in [-0.39, 0.29) is 22.7 Å². The van der Waals surface area contributed by atoms with E-state index in [1.165, 1.54) is 30.2 Å². The van der Waals surface area contributed by atoms with Crippen LogP contribution in [0.15, 0.2) is 24.3 Å². The number of benzene rings is 1. The van der Waals surface area contributed by atoms with Crippen LogP contribution in [0.5, 0.6) is 0 Å². The van der Waals surface area contributed by atoms with E-state index in [4.69, 9.17) is 10.5 Å². The maximum absolute atomic E-state index is 13.8. The molecule has 0 saturated carbocycles. The average Bonchev–Trinajstić information content (AvgIpc) is 2.98. The van der Waals surface area contributed by atoms with E-state index in [1.807, 2.05) is 0 Å². The molecule has 3 amide bonds. The van der Waals surface area contributed by atoms with Gasteiger partial charge in [-0.25, -0.2) is 9.18 Å². The largest absolute Gasteiger partial charge is 0.453 e. The summed E-state index contributed by atoms with van der Waals surface area (Å²) in [5.74, 6) is -2.02. The van der Waals surface area contributed by atoms with Crippen molar-refractivity contribution in [2.45, 2.75) is 13.0 Å². The van der Waals surface area contributed by atoms with Crippen molar-refractivity contribution in [1.29, 1.82) is 0 Å². The number of fused-ring (bicyclic) bond motifs is 1. The molecule has 1 aromatic carbocycles. The first-order chi connectivity index (χ1) is 12.4. The van der Waals surface area contributed by atoms with Gasteiger partial charge in [-0.2, -0.15) is 0 Å². The number of amides is 3. The summed E-state index contributed by atoms with van der Waals surface area (Å²) in [5, 5.41) is 2.82. The third kappa shape index (κ3) is 3.25. The van der Waals surface area contributed by atoms with Gasteiger partial charge in [0.25, 0.3) is 11.8 Å². The maximum Gasteiger partial charge on any atom is 0.409 e. The summed E-state index contributed by atoms with van der Waals surface area (Å²) >= 11 is 1.15. The number of thiophene rings is 1. The number of carbonyl (C=O) groups excluding carboxylic acids is 3. The van der Waals surface area contributed by atoms with Crippen LogP contribution in [0.3, 0.4) is 0 Å². The molecule has 0 atom stereocenters. The van der Waals surface area contributed by atoms with E-state index in [9.17, 15) is 18.8 Å². The van der Waals surface area contributed by atoms with Gasteiger partial charge in [0.15, 0.2) is 0 Å². The Labute approximate surface area is 152 Å². The van der Waals surface area contributed by atoms with E-state index in [0.29, 0.717) is 18.5 Å². The highest BCUT2D eigenvalue weighted by atomic mass is 32.1. The van der Waals surface area contributed by atoms with Crippen LogP contribution in [0.1, 0.15) is 31.2 Å². The van der Waals surface area contributed by atoms with Crippen molar-refractivity contribution in [1.82, 2.24) is 4.90 Å². The first kappa shape index (κ1) is 17.9. The van der Waals surface area contributed by atoms with Gasteiger partial charge in [0.2, 0.25) is 0 Å². The zero-order chi connectivity index (χ0) is 18.8. The van der Waals surface area contributed by atoms with Gasteiger partial charge < -0.3 is 20.7 Å². The first-order valence-electron chi connectivity index (χ1n) is 7.75. The lowest BCUT2D eigenvalue weighted by molar-refractivity contribution is 0.0999. The molecule has 136 valence electrons. The summed E-state index contributed by atoms with van der Waals surface area (Å²) in [6.45, 7) is 0.625. The number of carbonyl (C=O) groups is 3. The number of rotatable bonds is 3. The molecule has 7 nitrogen and oxygen atoms in total. The van der Waals surface area contributed by atoms with Gasteiger partial charge in [-0.3, -0.25) is 9.59 Å². The number of hydrogen-bond donors (Lipinski definition) is 2. The van der Waals surface area contributed by atoms with E-state index < -0.39 is 23.7 Å². The highest BCUT2D eigenvalue weighted by molar-refractivity contribution is 7.17. The second-order valence-electron chi connectivity index (χ2n) is 5.65. The van der Waals surface area contributed by atoms with Crippen molar-refractivity contribution < 1.29 is 23.5 Å². The number of anilines is 1. The summed E-state index contributed by atoms with van der Waals surface area (Å²) in [4.78, 5) is 38.2. The van der Waals surface area contributed by atoms with E-state index in [2.05, 4.69) is 5.32 Å². The van der Waals surface area contributed by atoms with Crippen LogP contribution in [0.2, 0.25) is 0 Å². The molecule has 0 fully saturated rings. The van der Waals surface area contributed by atoms with Crippen LogP contribution in [0, 0.1) is 5.82 Å². The van der Waals surface area contributed by atoms with Crippen molar-refractivity contribution in [2.75, 3.05) is 19.0 Å². The lowest BCUT2D eigenvalue weighted by atomic mass is 10.0. The van der Waals surface area contributed by atoms with Gasteiger partial charge in [0.1, 0.15) is 10.8 Å². The molecule has 0 aliphatic carbocycles. The van der Waals surface area contributed by atoms with Gasteiger partial charge in [0, 0.05) is 11.4 Å². The van der Waals surface area contributed by atoms with Gasteiger partial charge in [-0.05, 0) is 24.1 Å². The molecule has 3 N–H and O–H groups in total. The van der Waals surface area contributed by atoms with Crippen LogP contribution in [0.4, 0.5) is 14.2 Å². The van der Waals surface area contributed by atoms with Crippen LogP contribution < -0.4 is 11.1 Å². The molecule has 9 heteroatoms. The van der Waals surface area contributed by atoms with Gasteiger partial charge in [-0.15, -0.1) is 11.3 Å². The molecule has 2 aromatic rings. The molecule has 0 bridgehead atoms. The number of ether oxygens (including phenoxy) is 1. The topological polar surface area (TPSA) is 102 Å². The van der Waals surface area contributed by atoms with Gasteiger partial charge >= 0.3 is 6.09 Å². The Morgan fingerprint density at radius 3 is 2.69 bits per heavy atom. The summed E-state index contributed by atoms with van der Waals surface area (Å²) < 4.78 is 18.5. The zero-order valence-electron chi connectivity index (χ0n) is 13.9. The standard InChI is InChI=1S/C17H16FN3O4S/c1-25-17(24)21-7-6-10-12(8-21)26-16(13(10)14(19)22)20-15(23)9-4-2-3-5-11(9)18/h2-5H,6-8H2,1H3,(H2,19,22)(H,20,23). The Hall–Kier alpha value is -2.94. The van der Waals surface area contributed by atoms with Crippen molar-refractivity contribution >= 4 is 34.2 Å². The monoisotopic (exact) mass is 377 g/mol. The van der Waals surface area contributed by atoms with E-state index in [0.717, 1.165) is 16.2 Å². The lowest BCUT2D eigenvalue weighted by Crippen LogP contribution is -2.35. The average molecular weight is 377 g/mol. The first-order valence-corrected chi connectivity index (χ1v) is 8.57. The number of nitrogens with one attached hydrogen (secondary N) is 1. The quantitative estimate of drug-likeness (QED) is 0.857. The number of methoxy groups -OCH3 is 1. The highest BCUT2D eigenvalue weighted by Crippen LogP contribution is 2.37. The minimum absolute atomic E-state index is 0.134. The fourth-order valence-electron chi connectivity index (χ4n) is 2.85. The number of nitrogens with zero attached hydrogens (tertiary/aromatic N) is 1. The molecule has 0 unspecified atom stereocenters. The van der Waals surface area contributed by atoms with E-state index >= 15 is 0 Å². The summed E-state index contributed by atoms with van der Waals surface area (Å²) in [5.41, 5.74) is 6.26. The van der Waals surface area contributed by atoms with Crippen molar-refractivity contribution in [2.24, 2.45) is 5.73 Å². The normalized spacial score (nSPS) is 13.1.